The van der Waals surface area contributed by atoms with Gasteiger partial charge in [-0.15, -0.1) is 0 Å². The zero-order valence-electron chi connectivity index (χ0n) is 19.7. The molecule has 1 aromatic carbocycles. The van der Waals surface area contributed by atoms with E-state index in [4.69, 9.17) is 9.72 Å². The molecule has 1 aliphatic rings. The van der Waals surface area contributed by atoms with Gasteiger partial charge in [-0.2, -0.15) is 0 Å². The number of aryl methyl sites for hydroxylation is 3. The molecule has 180 valence electrons. The average molecular weight is 467 g/mol. The first-order valence-electron chi connectivity index (χ1n) is 11.7. The van der Waals surface area contributed by atoms with E-state index < -0.39 is 17.7 Å². The molecule has 4 rings (SSSR count). The second-order valence-electron chi connectivity index (χ2n) is 8.76. The highest BCUT2D eigenvalue weighted by Crippen LogP contribution is 2.31. The van der Waals surface area contributed by atoms with Gasteiger partial charge in [-0.3, -0.25) is 4.79 Å². The predicted molar refractivity (Wildman–Crippen MR) is 128 cm³/mol. The van der Waals surface area contributed by atoms with Crippen molar-refractivity contribution in [3.63, 3.8) is 0 Å². The summed E-state index contributed by atoms with van der Waals surface area (Å²) in [5.41, 5.74) is 3.99. The second-order valence-corrected chi connectivity index (χ2v) is 8.76. The van der Waals surface area contributed by atoms with Gasteiger partial charge in [-0.1, -0.05) is 12.1 Å². The lowest BCUT2D eigenvalue weighted by molar-refractivity contribution is -0.137. The van der Waals surface area contributed by atoms with Crippen molar-refractivity contribution in [2.75, 3.05) is 19.0 Å². The van der Waals surface area contributed by atoms with Crippen molar-refractivity contribution in [1.82, 2.24) is 14.5 Å². The molecule has 2 aromatic heterocycles. The van der Waals surface area contributed by atoms with Crippen molar-refractivity contribution in [2.24, 2.45) is 7.05 Å². The fourth-order valence-corrected chi connectivity index (χ4v) is 4.57. The molecule has 0 spiro atoms. The fourth-order valence-electron chi connectivity index (χ4n) is 4.57. The number of carboxylic acids is 1. The quantitative estimate of drug-likeness (QED) is 0.428. The van der Waals surface area contributed by atoms with E-state index in [-0.39, 0.29) is 12.2 Å². The van der Waals surface area contributed by atoms with Crippen molar-refractivity contribution in [3.8, 4) is 5.75 Å². The molecule has 2 N–H and O–H groups in total. The number of unbranched alkanes of at least 4 members (excludes halogenated alkanes) is 1. The first-order chi connectivity index (χ1) is 16.5. The van der Waals surface area contributed by atoms with Crippen molar-refractivity contribution in [3.05, 3.63) is 70.7 Å². The van der Waals surface area contributed by atoms with E-state index in [0.717, 1.165) is 62.3 Å². The first kappa shape index (κ1) is 23.7. The minimum absolute atomic E-state index is 0.127. The third-order valence-electron chi connectivity index (χ3n) is 6.46. The highest BCUT2D eigenvalue weighted by Gasteiger charge is 2.24. The van der Waals surface area contributed by atoms with E-state index in [1.54, 1.807) is 12.3 Å². The molecule has 0 saturated carbocycles. The number of anilines is 1. The maximum Gasteiger partial charge on any atom is 0.304 e. The summed E-state index contributed by atoms with van der Waals surface area (Å²) in [5, 5.41) is 12.8. The van der Waals surface area contributed by atoms with Gasteiger partial charge >= 0.3 is 5.97 Å². The van der Waals surface area contributed by atoms with E-state index in [1.165, 1.54) is 24.8 Å². The highest BCUT2D eigenvalue weighted by atomic mass is 19.1. The topological polar surface area (TPSA) is 89.3 Å². The monoisotopic (exact) mass is 466 g/mol. The number of aromatic nitrogens is 3. The second kappa shape index (κ2) is 10.7. The minimum atomic E-state index is -0.960. The van der Waals surface area contributed by atoms with Crippen molar-refractivity contribution < 1.29 is 19.0 Å². The maximum atomic E-state index is 14.3. The van der Waals surface area contributed by atoms with E-state index >= 15 is 0 Å². The number of methoxy groups -OCH3 is 1. The van der Waals surface area contributed by atoms with Crippen LogP contribution in [0, 0.1) is 5.82 Å². The smallest absolute Gasteiger partial charge is 0.304 e. The third kappa shape index (κ3) is 5.38. The Hall–Kier alpha value is -3.42. The summed E-state index contributed by atoms with van der Waals surface area (Å²) in [7, 11) is 3.29. The summed E-state index contributed by atoms with van der Waals surface area (Å²) in [6, 6.07) is 8.86. The lowest BCUT2D eigenvalue weighted by atomic mass is 9.94. The van der Waals surface area contributed by atoms with Gasteiger partial charge in [-0.05, 0) is 67.9 Å². The number of hydrogen-bond donors (Lipinski definition) is 2. The summed E-state index contributed by atoms with van der Waals surface area (Å²) < 4.78 is 21.2. The number of carbonyl (C=O) groups is 1. The molecule has 0 saturated heterocycles. The molecule has 1 atom stereocenters. The SMILES string of the molecule is COc1ccc([C@@H](CC(=O)O)c2ncc(CCCCc3ccc4c(n3)NCCC4)n2C)cc1F. The molecule has 0 amide bonds. The molecule has 0 unspecified atom stereocenters. The molecule has 0 fully saturated rings. The van der Waals surface area contributed by atoms with Gasteiger partial charge < -0.3 is 19.7 Å². The van der Waals surface area contributed by atoms with Crippen LogP contribution in [0.25, 0.3) is 0 Å². The minimum Gasteiger partial charge on any atom is -0.494 e. The normalized spacial score (nSPS) is 13.7. The molecular formula is C26H31FN4O3. The molecule has 7 nitrogen and oxygen atoms in total. The van der Waals surface area contributed by atoms with Crippen LogP contribution in [0.5, 0.6) is 5.75 Å². The number of pyridine rings is 1. The van der Waals surface area contributed by atoms with Crippen LogP contribution >= 0.6 is 0 Å². The highest BCUT2D eigenvalue weighted by molar-refractivity contribution is 5.68. The number of aliphatic carboxylic acids is 1. The van der Waals surface area contributed by atoms with Crippen molar-refractivity contribution in [1.29, 1.82) is 0 Å². The van der Waals surface area contributed by atoms with Crippen LogP contribution in [-0.2, 0) is 31.1 Å². The molecule has 1 aliphatic heterocycles. The number of fused-ring (bicyclic) bond motifs is 1. The summed E-state index contributed by atoms with van der Waals surface area (Å²) >= 11 is 0. The third-order valence-corrected chi connectivity index (χ3v) is 6.46. The molecule has 0 bridgehead atoms. The Labute approximate surface area is 199 Å². The van der Waals surface area contributed by atoms with E-state index in [1.807, 2.05) is 11.6 Å². The Morgan fingerprint density at radius 3 is 2.85 bits per heavy atom. The Morgan fingerprint density at radius 1 is 1.26 bits per heavy atom. The number of carboxylic acid groups (broad SMARTS) is 1. The van der Waals surface area contributed by atoms with Crippen LogP contribution in [0.2, 0.25) is 0 Å². The predicted octanol–water partition coefficient (Wildman–Crippen LogP) is 4.49. The van der Waals surface area contributed by atoms with Gasteiger partial charge in [0.2, 0.25) is 0 Å². The van der Waals surface area contributed by atoms with Crippen LogP contribution < -0.4 is 10.1 Å². The Morgan fingerprint density at radius 2 is 2.09 bits per heavy atom. The molecule has 3 heterocycles. The summed E-state index contributed by atoms with van der Waals surface area (Å²) in [6.45, 7) is 0.984. The van der Waals surface area contributed by atoms with Crippen LogP contribution in [0.1, 0.15) is 59.9 Å². The Balaban J connectivity index is 1.41. The largest absolute Gasteiger partial charge is 0.494 e. The first-order valence-corrected chi connectivity index (χ1v) is 11.7. The number of nitrogens with zero attached hydrogens (tertiary/aromatic N) is 3. The van der Waals surface area contributed by atoms with Gasteiger partial charge in [0.05, 0.1) is 19.4 Å². The number of rotatable bonds is 10. The van der Waals surface area contributed by atoms with Gasteiger partial charge in [0.25, 0.3) is 0 Å². The molecule has 34 heavy (non-hydrogen) atoms. The molecular weight excluding hydrogens is 435 g/mol. The molecule has 0 aliphatic carbocycles. The Kier molecular flexibility index (Phi) is 7.45. The van der Waals surface area contributed by atoms with Crippen LogP contribution in [0.3, 0.4) is 0 Å². The van der Waals surface area contributed by atoms with Gasteiger partial charge in [0.1, 0.15) is 11.6 Å². The summed E-state index contributed by atoms with van der Waals surface area (Å²) in [6.07, 6.45) is 7.56. The van der Waals surface area contributed by atoms with Gasteiger partial charge in [-0.25, -0.2) is 14.4 Å². The summed E-state index contributed by atoms with van der Waals surface area (Å²) in [4.78, 5) is 20.8. The van der Waals surface area contributed by atoms with Crippen molar-refractivity contribution in [2.45, 2.75) is 50.9 Å². The zero-order chi connectivity index (χ0) is 24.1. The summed E-state index contributed by atoms with van der Waals surface area (Å²) in [5.74, 6) is -0.260. The van der Waals surface area contributed by atoms with Crippen molar-refractivity contribution >= 4 is 11.8 Å². The Bertz CT molecular complexity index is 1160. The zero-order valence-corrected chi connectivity index (χ0v) is 19.7. The number of hydrogen-bond acceptors (Lipinski definition) is 5. The number of ether oxygens (including phenoxy) is 1. The molecule has 0 radical (unpaired) electrons. The lowest BCUT2D eigenvalue weighted by Gasteiger charge is -2.17. The number of nitrogens with one attached hydrogen (secondary N) is 1. The van der Waals surface area contributed by atoms with Gasteiger partial charge in [0.15, 0.2) is 11.6 Å². The van der Waals surface area contributed by atoms with Crippen LogP contribution in [0.4, 0.5) is 10.2 Å². The maximum absolute atomic E-state index is 14.3. The number of imidazole rings is 1. The molecule has 3 aromatic rings. The van der Waals surface area contributed by atoms with Crippen LogP contribution in [0.15, 0.2) is 36.5 Å². The molecule has 8 heteroatoms. The standard InChI is InChI=1S/C26H31FN4O3/c1-31-20(8-4-3-7-19-11-9-17-6-5-13-28-25(17)30-19)16-29-26(31)21(15-24(32)33)18-10-12-23(34-2)22(27)14-18/h9-12,14,16,21H,3-8,13,15H2,1-2H3,(H,28,30)(H,32,33)/t21-/m1/s1. The van der Waals surface area contributed by atoms with E-state index in [2.05, 4.69) is 22.4 Å². The number of halogens is 1. The lowest BCUT2D eigenvalue weighted by Crippen LogP contribution is -2.14. The van der Waals surface area contributed by atoms with E-state index in [9.17, 15) is 14.3 Å². The van der Waals surface area contributed by atoms with Crippen LogP contribution in [-0.4, -0.2) is 39.3 Å². The van der Waals surface area contributed by atoms with E-state index in [0.29, 0.717) is 11.4 Å². The van der Waals surface area contributed by atoms with Gasteiger partial charge in [0, 0.05) is 31.2 Å². The average Bonchev–Trinajstić information content (AvgIpc) is 3.20. The number of benzene rings is 1. The fraction of sp³-hybridized carbons (Fsp3) is 0.423.